The van der Waals surface area contributed by atoms with E-state index in [4.69, 9.17) is 14.0 Å². The molecule has 0 bridgehead atoms. The molecule has 0 saturated carbocycles. The van der Waals surface area contributed by atoms with Crippen LogP contribution in [0.5, 0.6) is 0 Å². The molecule has 2 atom stereocenters. The molecular formula is C27H29N5O5. The van der Waals surface area contributed by atoms with Crippen LogP contribution >= 0.6 is 0 Å². The lowest BCUT2D eigenvalue weighted by Gasteiger charge is -2.26. The highest BCUT2D eigenvalue weighted by atomic mass is 16.7. The summed E-state index contributed by atoms with van der Waals surface area (Å²) in [5.41, 5.74) is 2.50. The maximum atomic E-state index is 11.6. The summed E-state index contributed by atoms with van der Waals surface area (Å²) in [7, 11) is 0. The normalized spacial score (nSPS) is 18.4. The second-order valence-corrected chi connectivity index (χ2v) is 9.00. The molecule has 2 aliphatic heterocycles. The molecule has 3 amide bonds. The molecule has 0 aliphatic carbocycles. The van der Waals surface area contributed by atoms with Gasteiger partial charge in [-0.3, -0.25) is 9.69 Å². The van der Waals surface area contributed by atoms with Crippen LogP contribution in [0, 0.1) is 11.8 Å². The highest BCUT2D eigenvalue weighted by Gasteiger charge is 2.27. The Labute approximate surface area is 214 Å². The van der Waals surface area contributed by atoms with Crippen molar-refractivity contribution in [1.82, 2.24) is 24.9 Å². The molecule has 1 aromatic carbocycles. The fourth-order valence-corrected chi connectivity index (χ4v) is 4.35. The minimum atomic E-state index is -0.358. The number of carbonyl (C=O) groups excluding carboxylic acids is 2. The van der Waals surface area contributed by atoms with Gasteiger partial charge in [0.15, 0.2) is 12.1 Å². The van der Waals surface area contributed by atoms with Crippen molar-refractivity contribution in [2.24, 2.45) is 0 Å². The molecule has 10 nitrogen and oxygen atoms in total. The smallest absolute Gasteiger partial charge is 0.324 e. The van der Waals surface area contributed by atoms with Gasteiger partial charge in [-0.15, -0.1) is 0 Å². The van der Waals surface area contributed by atoms with Crippen LogP contribution < -0.4 is 5.32 Å². The SMILES string of the molecule is C[C@H](OC1CCCCO1)c1nccn1Cc1cc(-c2ccc(C#CCCN3C(=O)CNC3=O)cc2)on1. The summed E-state index contributed by atoms with van der Waals surface area (Å²) in [6.07, 6.45) is 6.79. The zero-order valence-corrected chi connectivity index (χ0v) is 20.7. The fraction of sp³-hybridized carbons (Fsp3) is 0.407. The summed E-state index contributed by atoms with van der Waals surface area (Å²) in [6.45, 7) is 3.58. The van der Waals surface area contributed by atoms with E-state index in [9.17, 15) is 9.59 Å². The van der Waals surface area contributed by atoms with Gasteiger partial charge in [0.05, 0.1) is 13.1 Å². The first-order valence-electron chi connectivity index (χ1n) is 12.5. The molecule has 5 rings (SSSR count). The molecule has 1 N–H and O–H groups in total. The molecule has 10 heteroatoms. The van der Waals surface area contributed by atoms with E-state index in [1.807, 2.05) is 48.0 Å². The van der Waals surface area contributed by atoms with Gasteiger partial charge < -0.3 is 23.9 Å². The summed E-state index contributed by atoms with van der Waals surface area (Å²) in [5.74, 6) is 7.33. The summed E-state index contributed by atoms with van der Waals surface area (Å²) in [6, 6.07) is 9.21. The molecule has 2 saturated heterocycles. The third kappa shape index (κ3) is 6.07. The van der Waals surface area contributed by atoms with Crippen molar-refractivity contribution in [3.8, 4) is 23.2 Å². The zero-order valence-electron chi connectivity index (χ0n) is 20.7. The van der Waals surface area contributed by atoms with Crippen molar-refractivity contribution in [2.45, 2.75) is 51.5 Å². The van der Waals surface area contributed by atoms with Crippen molar-refractivity contribution in [1.29, 1.82) is 0 Å². The van der Waals surface area contributed by atoms with E-state index in [1.54, 1.807) is 6.20 Å². The molecule has 192 valence electrons. The third-order valence-corrected chi connectivity index (χ3v) is 6.30. The number of carbonyl (C=O) groups is 2. The molecule has 3 aromatic rings. The first-order chi connectivity index (χ1) is 18.1. The van der Waals surface area contributed by atoms with Crippen LogP contribution in [0.2, 0.25) is 0 Å². The number of ether oxygens (including phenoxy) is 2. The average molecular weight is 504 g/mol. The highest BCUT2D eigenvalue weighted by Crippen LogP contribution is 2.25. The third-order valence-electron chi connectivity index (χ3n) is 6.30. The number of hydrogen-bond donors (Lipinski definition) is 1. The van der Waals surface area contributed by atoms with Crippen molar-refractivity contribution in [3.63, 3.8) is 0 Å². The van der Waals surface area contributed by atoms with Gasteiger partial charge in [0.25, 0.3) is 0 Å². The molecule has 1 unspecified atom stereocenters. The Kier molecular flexibility index (Phi) is 7.63. The van der Waals surface area contributed by atoms with Crippen LogP contribution in [0.25, 0.3) is 11.3 Å². The number of nitrogens with zero attached hydrogens (tertiary/aromatic N) is 4. The van der Waals surface area contributed by atoms with Gasteiger partial charge >= 0.3 is 6.03 Å². The van der Waals surface area contributed by atoms with Crippen molar-refractivity contribution >= 4 is 11.9 Å². The Morgan fingerprint density at radius 3 is 2.86 bits per heavy atom. The summed E-state index contributed by atoms with van der Waals surface area (Å²) in [5, 5.41) is 6.73. The first kappa shape index (κ1) is 24.7. The van der Waals surface area contributed by atoms with Gasteiger partial charge in [-0.1, -0.05) is 17.0 Å². The number of imide groups is 1. The van der Waals surface area contributed by atoms with E-state index in [-0.39, 0.29) is 37.4 Å². The minimum absolute atomic E-state index is 0.0595. The number of nitrogens with one attached hydrogen (secondary N) is 1. The molecule has 0 spiro atoms. The number of imidazole rings is 1. The molecule has 2 aromatic heterocycles. The van der Waals surface area contributed by atoms with Gasteiger partial charge in [-0.25, -0.2) is 9.78 Å². The Bertz CT molecular complexity index is 1280. The van der Waals surface area contributed by atoms with Gasteiger partial charge in [-0.05, 0) is 50.5 Å². The van der Waals surface area contributed by atoms with E-state index < -0.39 is 0 Å². The quantitative estimate of drug-likeness (QED) is 0.370. The van der Waals surface area contributed by atoms with E-state index in [0.29, 0.717) is 18.7 Å². The number of benzene rings is 1. The molecular weight excluding hydrogens is 474 g/mol. The average Bonchev–Trinajstić information content (AvgIpc) is 3.65. The maximum Gasteiger partial charge on any atom is 0.324 e. The Morgan fingerprint density at radius 1 is 1.24 bits per heavy atom. The van der Waals surface area contributed by atoms with E-state index >= 15 is 0 Å². The number of hydrogen-bond acceptors (Lipinski definition) is 7. The first-order valence-corrected chi connectivity index (χ1v) is 12.5. The molecule has 4 heterocycles. The lowest BCUT2D eigenvalue weighted by molar-refractivity contribution is -0.188. The topological polar surface area (TPSA) is 112 Å². The Hall–Kier alpha value is -3.94. The molecule has 2 fully saturated rings. The number of rotatable bonds is 8. The zero-order chi connectivity index (χ0) is 25.6. The lowest BCUT2D eigenvalue weighted by atomic mass is 10.1. The molecule has 0 radical (unpaired) electrons. The van der Waals surface area contributed by atoms with Gasteiger partial charge in [-0.2, -0.15) is 0 Å². The van der Waals surface area contributed by atoms with Crippen LogP contribution in [0.4, 0.5) is 4.79 Å². The van der Waals surface area contributed by atoms with Crippen LogP contribution in [-0.2, 0) is 20.8 Å². The fourth-order valence-electron chi connectivity index (χ4n) is 4.35. The van der Waals surface area contributed by atoms with Crippen molar-refractivity contribution < 1.29 is 23.6 Å². The standard InChI is InChI=1S/C27H29N5O5/c1-19(36-25-7-3-5-15-35-25)26-28-12-14-31(26)18-22-16-23(37-30-22)21-10-8-20(9-11-21)6-2-4-13-32-24(33)17-29-27(32)34/h8-12,14,16,19,25H,3-5,7,13,15,17-18H2,1H3,(H,29,34)/t19-,25?/m0/s1. The van der Waals surface area contributed by atoms with Crippen LogP contribution in [0.15, 0.2) is 47.2 Å². The molecule has 37 heavy (non-hydrogen) atoms. The van der Waals surface area contributed by atoms with E-state index in [0.717, 1.165) is 48.5 Å². The second kappa shape index (κ2) is 11.4. The van der Waals surface area contributed by atoms with Gasteiger partial charge in [0, 0.05) is 49.2 Å². The predicted octanol–water partition coefficient (Wildman–Crippen LogP) is 3.48. The summed E-state index contributed by atoms with van der Waals surface area (Å²) in [4.78, 5) is 28.8. The second-order valence-electron chi connectivity index (χ2n) is 9.00. The lowest BCUT2D eigenvalue weighted by Crippen LogP contribution is -2.31. The van der Waals surface area contributed by atoms with Crippen LogP contribution in [0.1, 0.15) is 55.8 Å². The summed E-state index contributed by atoms with van der Waals surface area (Å²) >= 11 is 0. The van der Waals surface area contributed by atoms with E-state index in [1.165, 1.54) is 4.90 Å². The monoisotopic (exact) mass is 503 g/mol. The maximum absolute atomic E-state index is 11.6. The van der Waals surface area contributed by atoms with Crippen LogP contribution in [0.3, 0.4) is 0 Å². The number of aromatic nitrogens is 3. The highest BCUT2D eigenvalue weighted by molar-refractivity contribution is 6.01. The summed E-state index contributed by atoms with van der Waals surface area (Å²) < 4.78 is 19.4. The Morgan fingerprint density at radius 2 is 2.11 bits per heavy atom. The van der Waals surface area contributed by atoms with Crippen LogP contribution in [-0.4, -0.2) is 57.5 Å². The van der Waals surface area contributed by atoms with Crippen molar-refractivity contribution in [3.05, 3.63) is 59.8 Å². The van der Waals surface area contributed by atoms with Crippen molar-refractivity contribution in [2.75, 3.05) is 19.7 Å². The number of amides is 3. The minimum Gasteiger partial charge on any atom is -0.356 e. The van der Waals surface area contributed by atoms with Gasteiger partial charge in [0.1, 0.15) is 17.6 Å². The predicted molar refractivity (Wildman–Crippen MR) is 133 cm³/mol. The number of urea groups is 1. The molecule has 2 aliphatic rings. The van der Waals surface area contributed by atoms with E-state index in [2.05, 4.69) is 27.3 Å². The largest absolute Gasteiger partial charge is 0.356 e. The Balaban J connectivity index is 1.16. The van der Waals surface area contributed by atoms with Gasteiger partial charge in [0.2, 0.25) is 5.91 Å².